The maximum absolute atomic E-state index is 12.1. The van der Waals surface area contributed by atoms with Gasteiger partial charge in [0.15, 0.2) is 0 Å². The summed E-state index contributed by atoms with van der Waals surface area (Å²) < 4.78 is 0. The van der Waals surface area contributed by atoms with Crippen molar-refractivity contribution in [1.29, 1.82) is 0 Å². The molecule has 0 aliphatic heterocycles. The van der Waals surface area contributed by atoms with E-state index in [0.717, 1.165) is 22.0 Å². The van der Waals surface area contributed by atoms with Gasteiger partial charge < -0.3 is 10.6 Å². The molecule has 7 heteroatoms. The summed E-state index contributed by atoms with van der Waals surface area (Å²) in [6.07, 6.45) is 0.636. The Hall–Kier alpha value is -2.70. The molecule has 0 spiro atoms. The zero-order valence-corrected chi connectivity index (χ0v) is 16.2. The van der Waals surface area contributed by atoms with Crippen molar-refractivity contribution in [1.82, 2.24) is 10.3 Å². The number of carbonyl (C=O) groups excluding carboxylic acids is 2. The molecule has 0 aliphatic carbocycles. The number of nitrogens with one attached hydrogen (secondary N) is 2. The van der Waals surface area contributed by atoms with Gasteiger partial charge in [-0.2, -0.15) is 0 Å². The number of thiazole rings is 1. The van der Waals surface area contributed by atoms with Gasteiger partial charge in [0.05, 0.1) is 16.3 Å². The number of halogens is 1. The van der Waals surface area contributed by atoms with Gasteiger partial charge >= 0.3 is 0 Å². The molecule has 0 unspecified atom stereocenters. The van der Waals surface area contributed by atoms with E-state index in [1.807, 2.05) is 29.6 Å². The number of nitrogens with zero attached hydrogens (tertiary/aromatic N) is 1. The SMILES string of the molecule is CC(=O)Nc1ccc(-c2nc(CCNC(=O)c3ccccc3Cl)cs2)cc1. The minimum Gasteiger partial charge on any atom is -0.352 e. The second-order valence-electron chi connectivity index (χ2n) is 5.89. The maximum atomic E-state index is 12.1. The number of amides is 2. The van der Waals surface area contributed by atoms with Crippen LogP contribution in [0, 0.1) is 0 Å². The molecule has 2 aromatic carbocycles. The fourth-order valence-corrected chi connectivity index (χ4v) is 3.58. The molecule has 2 N–H and O–H groups in total. The highest BCUT2D eigenvalue weighted by molar-refractivity contribution is 7.13. The van der Waals surface area contributed by atoms with Crippen LogP contribution < -0.4 is 10.6 Å². The van der Waals surface area contributed by atoms with Crippen LogP contribution in [-0.2, 0) is 11.2 Å². The Morgan fingerprint density at radius 1 is 1.11 bits per heavy atom. The fraction of sp³-hybridized carbons (Fsp3) is 0.150. The summed E-state index contributed by atoms with van der Waals surface area (Å²) in [6, 6.07) is 14.5. The Labute approximate surface area is 166 Å². The summed E-state index contributed by atoms with van der Waals surface area (Å²) in [5, 5.41) is 8.93. The Morgan fingerprint density at radius 3 is 2.56 bits per heavy atom. The highest BCUT2D eigenvalue weighted by Gasteiger charge is 2.10. The standard InChI is InChI=1S/C20H18ClN3O2S/c1-13(25)23-15-8-6-14(7-9-15)20-24-16(12-27-20)10-11-22-19(26)17-4-2-3-5-18(17)21/h2-9,12H,10-11H2,1H3,(H,22,26)(H,23,25). The van der Waals surface area contributed by atoms with Crippen LogP contribution in [0.1, 0.15) is 23.0 Å². The lowest BCUT2D eigenvalue weighted by Gasteiger charge is -2.05. The molecule has 1 heterocycles. The first kappa shape index (κ1) is 19.1. The minimum atomic E-state index is -0.190. The van der Waals surface area contributed by atoms with Crippen LogP contribution in [0.15, 0.2) is 53.9 Å². The van der Waals surface area contributed by atoms with E-state index in [1.54, 1.807) is 35.6 Å². The van der Waals surface area contributed by atoms with Crippen molar-refractivity contribution in [2.75, 3.05) is 11.9 Å². The average molecular weight is 400 g/mol. The normalized spacial score (nSPS) is 10.4. The predicted octanol–water partition coefficient (Wildman–Crippen LogP) is 4.39. The van der Waals surface area contributed by atoms with E-state index >= 15 is 0 Å². The van der Waals surface area contributed by atoms with E-state index in [0.29, 0.717) is 23.6 Å². The van der Waals surface area contributed by atoms with E-state index < -0.39 is 0 Å². The van der Waals surface area contributed by atoms with Gasteiger partial charge in [-0.3, -0.25) is 9.59 Å². The smallest absolute Gasteiger partial charge is 0.252 e. The van der Waals surface area contributed by atoms with E-state index in [9.17, 15) is 9.59 Å². The predicted molar refractivity (Wildman–Crippen MR) is 109 cm³/mol. The topological polar surface area (TPSA) is 71.1 Å². The molecule has 0 atom stereocenters. The quantitative estimate of drug-likeness (QED) is 0.645. The van der Waals surface area contributed by atoms with E-state index in [4.69, 9.17) is 11.6 Å². The second kappa shape index (κ2) is 8.79. The monoisotopic (exact) mass is 399 g/mol. The van der Waals surface area contributed by atoms with Gasteiger partial charge in [0.25, 0.3) is 5.91 Å². The lowest BCUT2D eigenvalue weighted by atomic mass is 10.2. The summed E-state index contributed by atoms with van der Waals surface area (Å²) in [7, 11) is 0. The third-order valence-electron chi connectivity index (χ3n) is 3.79. The van der Waals surface area contributed by atoms with Crippen LogP contribution in [-0.4, -0.2) is 23.3 Å². The Balaban J connectivity index is 1.56. The molecule has 0 saturated heterocycles. The Bertz CT molecular complexity index is 954. The molecule has 3 rings (SSSR count). The zero-order chi connectivity index (χ0) is 19.2. The average Bonchev–Trinajstić information content (AvgIpc) is 3.11. The van der Waals surface area contributed by atoms with Crippen LogP contribution in [0.3, 0.4) is 0 Å². The van der Waals surface area contributed by atoms with Crippen LogP contribution in [0.5, 0.6) is 0 Å². The minimum absolute atomic E-state index is 0.0990. The van der Waals surface area contributed by atoms with Crippen molar-refractivity contribution in [3.63, 3.8) is 0 Å². The molecular formula is C20H18ClN3O2S. The molecule has 0 bridgehead atoms. The Morgan fingerprint density at radius 2 is 1.85 bits per heavy atom. The first-order valence-corrected chi connectivity index (χ1v) is 9.64. The molecule has 3 aromatic rings. The first-order valence-electron chi connectivity index (χ1n) is 8.38. The van der Waals surface area contributed by atoms with E-state index in [1.165, 1.54) is 6.92 Å². The highest BCUT2D eigenvalue weighted by Crippen LogP contribution is 2.25. The fourth-order valence-electron chi connectivity index (χ4n) is 2.50. The van der Waals surface area contributed by atoms with Crippen molar-refractivity contribution in [2.24, 2.45) is 0 Å². The number of hydrogen-bond acceptors (Lipinski definition) is 4. The zero-order valence-electron chi connectivity index (χ0n) is 14.7. The van der Waals surface area contributed by atoms with Gasteiger partial charge in [0, 0.05) is 36.5 Å². The molecule has 0 fully saturated rings. The van der Waals surface area contributed by atoms with Gasteiger partial charge in [0.1, 0.15) is 5.01 Å². The summed E-state index contributed by atoms with van der Waals surface area (Å²) in [5.41, 5.74) is 3.13. The van der Waals surface area contributed by atoms with Gasteiger partial charge in [-0.25, -0.2) is 4.98 Å². The molecular weight excluding hydrogens is 382 g/mol. The van der Waals surface area contributed by atoms with Crippen molar-refractivity contribution in [3.05, 3.63) is 70.2 Å². The maximum Gasteiger partial charge on any atom is 0.252 e. The van der Waals surface area contributed by atoms with Crippen molar-refractivity contribution < 1.29 is 9.59 Å². The second-order valence-corrected chi connectivity index (χ2v) is 7.15. The van der Waals surface area contributed by atoms with Gasteiger partial charge in [-0.1, -0.05) is 23.7 Å². The van der Waals surface area contributed by atoms with Crippen LogP contribution in [0.2, 0.25) is 5.02 Å². The highest BCUT2D eigenvalue weighted by atomic mass is 35.5. The largest absolute Gasteiger partial charge is 0.352 e. The molecule has 2 amide bonds. The number of anilines is 1. The summed E-state index contributed by atoms with van der Waals surface area (Å²) in [4.78, 5) is 27.8. The number of aromatic nitrogens is 1. The Kier molecular flexibility index (Phi) is 6.21. The van der Waals surface area contributed by atoms with E-state index in [2.05, 4.69) is 15.6 Å². The molecule has 5 nitrogen and oxygen atoms in total. The van der Waals surface area contributed by atoms with Crippen molar-refractivity contribution in [3.8, 4) is 10.6 Å². The lowest BCUT2D eigenvalue weighted by Crippen LogP contribution is -2.26. The van der Waals surface area contributed by atoms with Crippen molar-refractivity contribution in [2.45, 2.75) is 13.3 Å². The molecule has 0 aliphatic rings. The van der Waals surface area contributed by atoms with E-state index in [-0.39, 0.29) is 11.8 Å². The third-order valence-corrected chi connectivity index (χ3v) is 5.06. The molecule has 138 valence electrons. The van der Waals surface area contributed by atoms with Crippen LogP contribution in [0.25, 0.3) is 10.6 Å². The summed E-state index contributed by atoms with van der Waals surface area (Å²) >= 11 is 7.58. The number of hydrogen-bond donors (Lipinski definition) is 2. The lowest BCUT2D eigenvalue weighted by molar-refractivity contribution is -0.114. The molecule has 0 saturated carbocycles. The van der Waals surface area contributed by atoms with Crippen molar-refractivity contribution >= 4 is 40.4 Å². The van der Waals surface area contributed by atoms with Crippen LogP contribution in [0.4, 0.5) is 5.69 Å². The van der Waals surface area contributed by atoms with Gasteiger partial charge in [-0.15, -0.1) is 11.3 Å². The molecule has 0 radical (unpaired) electrons. The molecule has 27 heavy (non-hydrogen) atoms. The third kappa shape index (κ3) is 5.15. The number of carbonyl (C=O) groups is 2. The summed E-state index contributed by atoms with van der Waals surface area (Å²) in [6.45, 7) is 1.96. The first-order chi connectivity index (χ1) is 13.0. The number of rotatable bonds is 6. The van der Waals surface area contributed by atoms with Crippen LogP contribution >= 0.6 is 22.9 Å². The molecule has 1 aromatic heterocycles. The van der Waals surface area contributed by atoms with Gasteiger partial charge in [0.2, 0.25) is 5.91 Å². The summed E-state index contributed by atoms with van der Waals surface area (Å²) in [5.74, 6) is -0.289. The number of benzene rings is 2. The van der Waals surface area contributed by atoms with Gasteiger partial charge in [-0.05, 0) is 36.4 Å².